The molecule has 10 nitrogen and oxygen atoms in total. The first-order valence-electron chi connectivity index (χ1n) is 10.4. The Hall–Kier alpha value is -3.24. The highest BCUT2D eigenvalue weighted by Gasteiger charge is 2.44. The van der Waals surface area contributed by atoms with E-state index in [1.807, 2.05) is 12.1 Å². The number of hydrazine groups is 1. The zero-order chi connectivity index (χ0) is 21.6. The molecule has 1 saturated carbocycles. The number of rotatable bonds is 5. The molecule has 31 heavy (non-hydrogen) atoms. The molecule has 10 heteroatoms. The molecular formula is C21H25N7O3. The van der Waals surface area contributed by atoms with E-state index in [1.165, 1.54) is 6.33 Å². The van der Waals surface area contributed by atoms with E-state index in [-0.39, 0.29) is 11.4 Å². The van der Waals surface area contributed by atoms with Gasteiger partial charge in [-0.3, -0.25) is 9.80 Å². The third kappa shape index (κ3) is 3.57. The summed E-state index contributed by atoms with van der Waals surface area (Å²) in [4.78, 5) is 28.4. The van der Waals surface area contributed by atoms with Gasteiger partial charge < -0.3 is 19.4 Å². The Morgan fingerprint density at radius 2 is 2.00 bits per heavy atom. The quantitative estimate of drug-likeness (QED) is 0.470. The summed E-state index contributed by atoms with van der Waals surface area (Å²) >= 11 is 0. The molecule has 3 N–H and O–H groups in total. The number of carbonyl (C=O) groups excluding carboxylic acids is 1. The van der Waals surface area contributed by atoms with Crippen molar-refractivity contribution in [1.82, 2.24) is 15.0 Å². The maximum Gasteiger partial charge on any atom is 0.260 e. The number of aryl methyl sites for hydroxylation is 1. The van der Waals surface area contributed by atoms with Crippen LogP contribution in [0, 0.1) is 6.92 Å². The zero-order valence-electron chi connectivity index (χ0n) is 17.6. The Labute approximate surface area is 179 Å². The fourth-order valence-electron chi connectivity index (χ4n) is 3.80. The van der Waals surface area contributed by atoms with Crippen LogP contribution >= 0.6 is 0 Å². The van der Waals surface area contributed by atoms with Gasteiger partial charge in [-0.05, 0) is 38.8 Å². The summed E-state index contributed by atoms with van der Waals surface area (Å²) in [6.07, 6.45) is 4.99. The summed E-state index contributed by atoms with van der Waals surface area (Å²) in [6, 6.07) is 3.73. The molecular weight excluding hydrogens is 398 g/mol. The first-order chi connectivity index (χ1) is 15.0. The van der Waals surface area contributed by atoms with Crippen LogP contribution in [0.3, 0.4) is 0 Å². The Morgan fingerprint density at radius 3 is 2.68 bits per heavy atom. The molecule has 0 atom stereocenters. The number of nitrogens with two attached hydrogens (primary N) is 1. The molecule has 0 spiro atoms. The van der Waals surface area contributed by atoms with Gasteiger partial charge in [0.25, 0.3) is 5.91 Å². The van der Waals surface area contributed by atoms with Crippen LogP contribution in [0.15, 0.2) is 29.1 Å². The molecule has 0 unspecified atom stereocenters. The monoisotopic (exact) mass is 423 g/mol. The third-order valence-electron chi connectivity index (χ3n) is 6.00. The molecule has 1 aliphatic carbocycles. The SMILES string of the molecule is Cc1oc2ncnc(N(N)C3(C)CC3)c2c1C(=O)Nc1ccc(N2CCOCC2)nc1. The van der Waals surface area contributed by atoms with Crippen LogP contribution in [0.1, 0.15) is 35.9 Å². The number of hydrogen-bond donors (Lipinski definition) is 2. The summed E-state index contributed by atoms with van der Waals surface area (Å²) < 4.78 is 11.1. The van der Waals surface area contributed by atoms with Crippen molar-refractivity contribution in [3.63, 3.8) is 0 Å². The average molecular weight is 423 g/mol. The van der Waals surface area contributed by atoms with Gasteiger partial charge >= 0.3 is 0 Å². The van der Waals surface area contributed by atoms with Gasteiger partial charge in [-0.1, -0.05) is 0 Å². The van der Waals surface area contributed by atoms with Crippen LogP contribution < -0.4 is 21.1 Å². The largest absolute Gasteiger partial charge is 0.442 e. The minimum Gasteiger partial charge on any atom is -0.442 e. The number of pyridine rings is 1. The standard InChI is InChI=1S/C21H25N7O3/c1-13-16(17-18(24-12-25-20(17)31-13)28(22)21(2)5-6-21)19(29)26-14-3-4-15(23-11-14)27-7-9-30-10-8-27/h3-4,11-12H,5-10,22H2,1-2H3,(H,26,29). The second kappa shape index (κ2) is 7.47. The maximum atomic E-state index is 13.2. The number of fused-ring (bicyclic) bond motifs is 1. The lowest BCUT2D eigenvalue weighted by atomic mass is 10.1. The number of anilines is 3. The number of aromatic nitrogens is 3. The van der Waals surface area contributed by atoms with Gasteiger partial charge in [-0.15, -0.1) is 0 Å². The summed E-state index contributed by atoms with van der Waals surface area (Å²) in [5.41, 5.74) is 1.14. The molecule has 3 aromatic rings. The van der Waals surface area contributed by atoms with E-state index in [9.17, 15) is 4.79 Å². The van der Waals surface area contributed by atoms with E-state index < -0.39 is 0 Å². The molecule has 0 aromatic carbocycles. The fourth-order valence-corrected chi connectivity index (χ4v) is 3.80. The molecule has 1 saturated heterocycles. The average Bonchev–Trinajstić information content (AvgIpc) is 3.44. The second-order valence-electron chi connectivity index (χ2n) is 8.24. The molecule has 5 rings (SSSR count). The highest BCUT2D eigenvalue weighted by molar-refractivity contribution is 6.15. The van der Waals surface area contributed by atoms with E-state index in [1.54, 1.807) is 18.1 Å². The van der Waals surface area contributed by atoms with Crippen molar-refractivity contribution in [3.05, 3.63) is 36.0 Å². The summed E-state index contributed by atoms with van der Waals surface area (Å²) in [6.45, 7) is 6.78. The lowest BCUT2D eigenvalue weighted by molar-refractivity contribution is 0.102. The summed E-state index contributed by atoms with van der Waals surface area (Å²) in [7, 11) is 0. The van der Waals surface area contributed by atoms with Crippen molar-refractivity contribution in [2.24, 2.45) is 5.84 Å². The van der Waals surface area contributed by atoms with Gasteiger partial charge in [0, 0.05) is 13.1 Å². The molecule has 3 aromatic heterocycles. The van der Waals surface area contributed by atoms with Crippen molar-refractivity contribution in [2.45, 2.75) is 32.2 Å². The molecule has 1 aliphatic heterocycles. The van der Waals surface area contributed by atoms with Crippen LogP contribution in [-0.4, -0.2) is 52.7 Å². The molecule has 0 bridgehead atoms. The molecule has 2 fully saturated rings. The van der Waals surface area contributed by atoms with Crippen molar-refractivity contribution < 1.29 is 13.9 Å². The van der Waals surface area contributed by atoms with Crippen LogP contribution in [-0.2, 0) is 4.74 Å². The predicted molar refractivity (Wildman–Crippen MR) is 116 cm³/mol. The van der Waals surface area contributed by atoms with Gasteiger partial charge in [0.15, 0.2) is 5.82 Å². The lowest BCUT2D eigenvalue weighted by Crippen LogP contribution is -2.42. The number of amides is 1. The van der Waals surface area contributed by atoms with E-state index in [4.69, 9.17) is 15.0 Å². The number of nitrogens with zero attached hydrogens (tertiary/aromatic N) is 5. The molecule has 0 radical (unpaired) electrons. The Morgan fingerprint density at radius 1 is 1.23 bits per heavy atom. The van der Waals surface area contributed by atoms with Gasteiger partial charge in [0.1, 0.15) is 17.9 Å². The first kappa shape index (κ1) is 19.7. The van der Waals surface area contributed by atoms with Crippen LogP contribution in [0.25, 0.3) is 11.1 Å². The predicted octanol–water partition coefficient (Wildman–Crippen LogP) is 2.25. The lowest BCUT2D eigenvalue weighted by Gasteiger charge is -2.27. The van der Waals surface area contributed by atoms with Gasteiger partial charge in [0.2, 0.25) is 5.71 Å². The van der Waals surface area contributed by atoms with Crippen molar-refractivity contribution in [3.8, 4) is 0 Å². The number of hydrogen-bond acceptors (Lipinski definition) is 9. The number of morpholine rings is 1. The van der Waals surface area contributed by atoms with E-state index >= 15 is 0 Å². The summed E-state index contributed by atoms with van der Waals surface area (Å²) in [5.74, 6) is 7.86. The third-order valence-corrected chi connectivity index (χ3v) is 6.00. The fraction of sp³-hybridized carbons (Fsp3) is 0.429. The number of furan rings is 1. The number of ether oxygens (including phenoxy) is 1. The Bertz CT molecular complexity index is 1120. The number of nitrogens with one attached hydrogen (secondary N) is 1. The second-order valence-corrected chi connectivity index (χ2v) is 8.24. The normalized spacial score (nSPS) is 17.6. The van der Waals surface area contributed by atoms with Gasteiger partial charge in [-0.25, -0.2) is 20.8 Å². The smallest absolute Gasteiger partial charge is 0.260 e. The van der Waals surface area contributed by atoms with E-state index in [0.29, 0.717) is 47.1 Å². The highest BCUT2D eigenvalue weighted by Crippen LogP contribution is 2.43. The van der Waals surface area contributed by atoms with Crippen LogP contribution in [0.4, 0.5) is 17.3 Å². The summed E-state index contributed by atoms with van der Waals surface area (Å²) in [5, 5.41) is 5.05. The minimum absolute atomic E-state index is 0.167. The molecule has 162 valence electrons. The van der Waals surface area contributed by atoms with Crippen LogP contribution in [0.5, 0.6) is 0 Å². The van der Waals surface area contributed by atoms with E-state index in [2.05, 4.69) is 32.1 Å². The highest BCUT2D eigenvalue weighted by atomic mass is 16.5. The topological polar surface area (TPSA) is 123 Å². The number of carbonyl (C=O) groups is 1. The zero-order valence-corrected chi connectivity index (χ0v) is 17.6. The maximum absolute atomic E-state index is 13.2. The van der Waals surface area contributed by atoms with Gasteiger partial charge in [-0.2, -0.15) is 0 Å². The molecule has 1 amide bonds. The van der Waals surface area contributed by atoms with Crippen molar-refractivity contribution >= 4 is 34.3 Å². The minimum atomic E-state index is -0.317. The van der Waals surface area contributed by atoms with Crippen molar-refractivity contribution in [2.75, 3.05) is 41.5 Å². The molecule has 2 aliphatic rings. The van der Waals surface area contributed by atoms with E-state index in [0.717, 1.165) is 31.7 Å². The Balaban J connectivity index is 1.42. The van der Waals surface area contributed by atoms with Crippen molar-refractivity contribution in [1.29, 1.82) is 0 Å². The van der Waals surface area contributed by atoms with Gasteiger partial charge in [0.05, 0.1) is 41.6 Å². The Kier molecular flexibility index (Phi) is 4.75. The van der Waals surface area contributed by atoms with Crippen LogP contribution in [0.2, 0.25) is 0 Å². The first-order valence-corrected chi connectivity index (χ1v) is 10.4. The molecule has 4 heterocycles.